The molecule has 3 heterocycles. The third kappa shape index (κ3) is 3.64. The van der Waals surface area contributed by atoms with E-state index in [2.05, 4.69) is 14.9 Å². The topological polar surface area (TPSA) is 98.4 Å². The molecule has 1 fully saturated rings. The van der Waals surface area contributed by atoms with E-state index in [1.54, 1.807) is 0 Å². The molecule has 28 heavy (non-hydrogen) atoms. The summed E-state index contributed by atoms with van der Waals surface area (Å²) in [5.41, 5.74) is 7.88. The molecule has 0 bridgehead atoms. The molecule has 0 saturated carbocycles. The van der Waals surface area contributed by atoms with Gasteiger partial charge in [0, 0.05) is 48.8 Å². The minimum absolute atomic E-state index is 0.0428. The highest BCUT2D eigenvalue weighted by Crippen LogP contribution is 2.33. The fraction of sp³-hybridized carbons (Fsp3) is 0.444. The van der Waals surface area contributed by atoms with Crippen LogP contribution in [0.4, 0.5) is 8.78 Å². The lowest BCUT2D eigenvalue weighted by molar-refractivity contribution is -0.0532. The van der Waals surface area contributed by atoms with E-state index in [1.807, 2.05) is 0 Å². The molecular weight excluding hydrogens is 390 g/mol. The van der Waals surface area contributed by atoms with Crippen molar-refractivity contribution < 1.29 is 21.9 Å². The van der Waals surface area contributed by atoms with Gasteiger partial charge in [-0.25, -0.2) is 27.2 Å². The largest absolute Gasteiger partial charge is 0.370 e. The van der Waals surface area contributed by atoms with Crippen molar-refractivity contribution in [1.82, 2.24) is 14.9 Å². The summed E-state index contributed by atoms with van der Waals surface area (Å²) in [5, 5.41) is -0.189. The van der Waals surface area contributed by atoms with E-state index in [0.717, 1.165) is 30.0 Å². The average Bonchev–Trinajstić information content (AvgIpc) is 3.06. The normalized spacial score (nSPS) is 25.6. The molecule has 150 valence electrons. The maximum Gasteiger partial charge on any atom is 0.247 e. The highest BCUT2D eigenvalue weighted by Gasteiger charge is 2.37. The van der Waals surface area contributed by atoms with Crippen LogP contribution in [0.1, 0.15) is 29.3 Å². The Kier molecular flexibility index (Phi) is 4.90. The second-order valence-corrected chi connectivity index (χ2v) is 9.18. The smallest absolute Gasteiger partial charge is 0.247 e. The Morgan fingerprint density at radius 1 is 1.29 bits per heavy atom. The lowest BCUT2D eigenvalue weighted by Gasteiger charge is -2.38. The SMILES string of the molecule is CS(=O)(=O)c1ncc2c(n1)CN([C@@H]1CO[C@H](c3cc(F)ccc3F)[C@@H](N)C1)C2. The lowest BCUT2D eigenvalue weighted by Crippen LogP contribution is -2.47. The predicted molar refractivity (Wildman–Crippen MR) is 95.8 cm³/mol. The first-order chi connectivity index (χ1) is 13.2. The fourth-order valence-electron chi connectivity index (χ4n) is 3.75. The van der Waals surface area contributed by atoms with Gasteiger partial charge < -0.3 is 10.5 Å². The number of rotatable bonds is 3. The quantitative estimate of drug-likeness (QED) is 0.763. The second-order valence-electron chi connectivity index (χ2n) is 7.27. The van der Waals surface area contributed by atoms with Crippen LogP contribution in [0.5, 0.6) is 0 Å². The molecule has 7 nitrogen and oxygen atoms in total. The molecule has 0 aliphatic carbocycles. The van der Waals surface area contributed by atoms with Gasteiger partial charge in [-0.1, -0.05) is 0 Å². The summed E-state index contributed by atoms with van der Waals surface area (Å²) in [6.07, 6.45) is 2.42. The Labute approximate surface area is 161 Å². The Morgan fingerprint density at radius 3 is 2.79 bits per heavy atom. The molecule has 0 radical (unpaired) electrons. The number of aromatic nitrogens is 2. The minimum Gasteiger partial charge on any atom is -0.370 e. The van der Waals surface area contributed by atoms with E-state index < -0.39 is 33.6 Å². The van der Waals surface area contributed by atoms with Crippen LogP contribution in [0, 0.1) is 11.6 Å². The standard InChI is InChI=1S/C18H20F2N4O3S/c1-28(25,26)18-22-6-10-7-24(8-16(10)23-18)12-5-15(21)17(27-9-12)13-4-11(19)2-3-14(13)20/h2-4,6,12,15,17H,5,7-9,21H2,1H3/t12-,15-,17+/m0/s1. The highest BCUT2D eigenvalue weighted by molar-refractivity contribution is 7.90. The molecule has 1 aromatic carbocycles. The molecule has 1 aromatic heterocycles. The van der Waals surface area contributed by atoms with Crippen molar-refractivity contribution >= 4 is 9.84 Å². The van der Waals surface area contributed by atoms with Crippen LogP contribution in [0.2, 0.25) is 0 Å². The Balaban J connectivity index is 1.47. The molecular formula is C18H20F2N4O3S. The zero-order valence-electron chi connectivity index (χ0n) is 15.2. The number of nitrogens with two attached hydrogens (primary N) is 1. The molecule has 2 aromatic rings. The molecule has 4 rings (SSSR count). The number of fused-ring (bicyclic) bond motifs is 1. The van der Waals surface area contributed by atoms with Gasteiger partial charge in [-0.3, -0.25) is 4.90 Å². The van der Waals surface area contributed by atoms with Crippen molar-refractivity contribution in [3.8, 4) is 0 Å². The van der Waals surface area contributed by atoms with Gasteiger partial charge in [-0.05, 0) is 24.6 Å². The summed E-state index contributed by atoms with van der Waals surface area (Å²) < 4.78 is 56.7. The number of hydrogen-bond acceptors (Lipinski definition) is 7. The van der Waals surface area contributed by atoms with E-state index in [9.17, 15) is 17.2 Å². The van der Waals surface area contributed by atoms with E-state index in [4.69, 9.17) is 10.5 Å². The molecule has 2 aliphatic rings. The van der Waals surface area contributed by atoms with Crippen LogP contribution in [-0.4, -0.2) is 48.2 Å². The van der Waals surface area contributed by atoms with Crippen LogP contribution >= 0.6 is 0 Å². The number of sulfone groups is 1. The van der Waals surface area contributed by atoms with Crippen LogP contribution in [-0.2, 0) is 27.7 Å². The van der Waals surface area contributed by atoms with Gasteiger partial charge in [-0.15, -0.1) is 0 Å². The van der Waals surface area contributed by atoms with Gasteiger partial charge in [0.15, 0.2) is 0 Å². The van der Waals surface area contributed by atoms with Crippen LogP contribution in [0.25, 0.3) is 0 Å². The van der Waals surface area contributed by atoms with Crippen molar-refractivity contribution in [2.45, 2.75) is 42.9 Å². The van der Waals surface area contributed by atoms with Gasteiger partial charge in [0.25, 0.3) is 0 Å². The van der Waals surface area contributed by atoms with E-state index in [-0.39, 0.29) is 16.8 Å². The summed E-state index contributed by atoms with van der Waals surface area (Å²) >= 11 is 0. The molecule has 2 N–H and O–H groups in total. The summed E-state index contributed by atoms with van der Waals surface area (Å²) in [6.45, 7) is 1.31. The first-order valence-electron chi connectivity index (χ1n) is 8.83. The van der Waals surface area contributed by atoms with Crippen molar-refractivity contribution in [2.75, 3.05) is 12.9 Å². The Morgan fingerprint density at radius 2 is 2.07 bits per heavy atom. The third-order valence-corrected chi connectivity index (χ3v) is 6.03. The molecule has 1 saturated heterocycles. The van der Waals surface area contributed by atoms with Crippen molar-refractivity contribution in [3.63, 3.8) is 0 Å². The van der Waals surface area contributed by atoms with E-state index >= 15 is 0 Å². The molecule has 10 heteroatoms. The molecule has 0 amide bonds. The van der Waals surface area contributed by atoms with E-state index in [0.29, 0.717) is 31.8 Å². The fourth-order valence-corrected chi connectivity index (χ4v) is 4.27. The van der Waals surface area contributed by atoms with Crippen LogP contribution in [0.15, 0.2) is 29.6 Å². The number of hydrogen-bond donors (Lipinski definition) is 1. The maximum absolute atomic E-state index is 14.1. The number of benzene rings is 1. The lowest BCUT2D eigenvalue weighted by atomic mass is 9.93. The number of ether oxygens (including phenoxy) is 1. The Hall–Kier alpha value is -2.01. The molecule has 0 spiro atoms. The van der Waals surface area contributed by atoms with Gasteiger partial charge in [-0.2, -0.15) is 0 Å². The first kappa shape index (κ1) is 19.3. The van der Waals surface area contributed by atoms with Gasteiger partial charge in [0.05, 0.1) is 12.3 Å². The molecule has 0 unspecified atom stereocenters. The summed E-state index contributed by atoms with van der Waals surface area (Å²) in [4.78, 5) is 10.2. The summed E-state index contributed by atoms with van der Waals surface area (Å²) in [6, 6.07) is 2.70. The van der Waals surface area contributed by atoms with Crippen molar-refractivity contribution in [2.24, 2.45) is 5.73 Å². The highest BCUT2D eigenvalue weighted by atomic mass is 32.2. The minimum atomic E-state index is -3.47. The van der Waals surface area contributed by atoms with Gasteiger partial charge in [0.1, 0.15) is 17.7 Å². The Bertz CT molecular complexity index is 1020. The van der Waals surface area contributed by atoms with Gasteiger partial charge >= 0.3 is 0 Å². The van der Waals surface area contributed by atoms with Crippen molar-refractivity contribution in [1.29, 1.82) is 0 Å². The zero-order valence-corrected chi connectivity index (χ0v) is 16.0. The monoisotopic (exact) mass is 410 g/mol. The van der Waals surface area contributed by atoms with Crippen LogP contribution in [0.3, 0.4) is 0 Å². The molecule has 2 aliphatic heterocycles. The summed E-state index contributed by atoms with van der Waals surface area (Å²) in [7, 11) is -3.47. The predicted octanol–water partition coefficient (Wildman–Crippen LogP) is 1.33. The second kappa shape index (κ2) is 7.11. The van der Waals surface area contributed by atoms with Crippen molar-refractivity contribution in [3.05, 3.63) is 52.9 Å². The van der Waals surface area contributed by atoms with E-state index in [1.165, 1.54) is 6.20 Å². The number of nitrogens with zero attached hydrogens (tertiary/aromatic N) is 3. The first-order valence-corrected chi connectivity index (χ1v) is 10.7. The van der Waals surface area contributed by atoms with Gasteiger partial charge in [0.2, 0.25) is 15.0 Å². The van der Waals surface area contributed by atoms with Crippen LogP contribution < -0.4 is 5.73 Å². The maximum atomic E-state index is 14.1. The average molecular weight is 410 g/mol. The molecule has 3 atom stereocenters. The number of halogens is 2. The summed E-state index contributed by atoms with van der Waals surface area (Å²) in [5.74, 6) is -1.08. The third-order valence-electron chi connectivity index (χ3n) is 5.17. The zero-order chi connectivity index (χ0) is 20.1.